The third-order valence-electron chi connectivity index (χ3n) is 4.80. The van der Waals surface area contributed by atoms with Crippen molar-refractivity contribution in [3.63, 3.8) is 0 Å². The van der Waals surface area contributed by atoms with E-state index in [1.807, 2.05) is 36.3 Å². The fraction of sp³-hybridized carbons (Fsp3) is 0.556. The summed E-state index contributed by atoms with van der Waals surface area (Å²) in [6, 6.07) is 4.57. The first kappa shape index (κ1) is 18.7. The Bertz CT molecular complexity index is 699. The number of aryl methyl sites for hydroxylation is 1. The molecule has 7 nitrogen and oxygen atoms in total. The molecule has 26 heavy (non-hydrogen) atoms. The lowest BCUT2D eigenvalue weighted by atomic mass is 10.1. The monoisotopic (exact) mass is 375 g/mol. The van der Waals surface area contributed by atoms with Crippen LogP contribution in [0.4, 0.5) is 5.00 Å². The summed E-state index contributed by atoms with van der Waals surface area (Å²) in [6.07, 6.45) is 4.02. The summed E-state index contributed by atoms with van der Waals surface area (Å²) < 4.78 is 1.85. The number of nitrogens with zero attached hydrogens (tertiary/aromatic N) is 6. The molecule has 2 aromatic rings. The molecule has 0 aromatic carbocycles. The summed E-state index contributed by atoms with van der Waals surface area (Å²) in [5.41, 5.74) is 1.21. The van der Waals surface area contributed by atoms with E-state index < -0.39 is 0 Å². The molecule has 1 fully saturated rings. The van der Waals surface area contributed by atoms with Crippen molar-refractivity contribution < 1.29 is 0 Å². The molecule has 0 spiro atoms. The number of rotatable bonds is 5. The van der Waals surface area contributed by atoms with Gasteiger partial charge in [-0.15, -0.1) is 11.3 Å². The van der Waals surface area contributed by atoms with Gasteiger partial charge in [0.25, 0.3) is 0 Å². The molecule has 1 unspecified atom stereocenters. The molecule has 1 aliphatic rings. The largest absolute Gasteiger partial charge is 0.360 e. The highest BCUT2D eigenvalue weighted by Crippen LogP contribution is 2.22. The van der Waals surface area contributed by atoms with Crippen molar-refractivity contribution >= 4 is 22.3 Å². The van der Waals surface area contributed by atoms with Crippen LogP contribution in [0.1, 0.15) is 11.6 Å². The van der Waals surface area contributed by atoms with Gasteiger partial charge in [0.05, 0.1) is 17.2 Å². The van der Waals surface area contributed by atoms with Crippen LogP contribution >= 0.6 is 11.3 Å². The first-order chi connectivity index (χ1) is 12.6. The molecule has 2 aromatic heterocycles. The van der Waals surface area contributed by atoms with Crippen LogP contribution in [0, 0.1) is 0 Å². The molecule has 1 N–H and O–H groups in total. The van der Waals surface area contributed by atoms with E-state index >= 15 is 0 Å². The summed E-state index contributed by atoms with van der Waals surface area (Å²) in [6.45, 7) is 4.83. The summed E-state index contributed by atoms with van der Waals surface area (Å²) in [5.74, 6) is 0.978. The van der Waals surface area contributed by atoms with E-state index in [-0.39, 0.29) is 6.04 Å². The zero-order valence-electron chi connectivity index (χ0n) is 16.1. The summed E-state index contributed by atoms with van der Waals surface area (Å²) >= 11 is 1.81. The Morgan fingerprint density at radius 3 is 2.65 bits per heavy atom. The number of piperazine rings is 1. The van der Waals surface area contributed by atoms with Gasteiger partial charge in [-0.1, -0.05) is 0 Å². The highest BCUT2D eigenvalue weighted by atomic mass is 32.1. The molecule has 8 heteroatoms. The van der Waals surface area contributed by atoms with Crippen molar-refractivity contribution in [2.45, 2.75) is 6.04 Å². The molecule has 1 aliphatic heterocycles. The smallest absolute Gasteiger partial charge is 0.193 e. The van der Waals surface area contributed by atoms with Crippen LogP contribution < -0.4 is 10.2 Å². The highest BCUT2D eigenvalue weighted by molar-refractivity contribution is 7.14. The quantitative estimate of drug-likeness (QED) is 0.634. The van der Waals surface area contributed by atoms with Gasteiger partial charge in [0.15, 0.2) is 5.96 Å². The number of thiophene rings is 1. The SMILES string of the molecule is CN=C(NCC(c1cnn(C)c1)N(C)C)N1CCN(c2cccs2)CC1. The number of aliphatic imine (C=N–C) groups is 1. The van der Waals surface area contributed by atoms with E-state index in [9.17, 15) is 0 Å². The van der Waals surface area contributed by atoms with E-state index in [2.05, 4.69) is 67.9 Å². The number of anilines is 1. The van der Waals surface area contributed by atoms with Gasteiger partial charge in [-0.2, -0.15) is 5.10 Å². The van der Waals surface area contributed by atoms with Gasteiger partial charge < -0.3 is 20.0 Å². The molecule has 1 saturated heterocycles. The number of likely N-dealkylation sites (N-methyl/N-ethyl adjacent to an activating group) is 1. The first-order valence-corrected chi connectivity index (χ1v) is 9.85. The van der Waals surface area contributed by atoms with E-state index in [1.165, 1.54) is 10.6 Å². The first-order valence-electron chi connectivity index (χ1n) is 8.97. The Labute approximate surface area is 159 Å². The van der Waals surface area contributed by atoms with E-state index in [1.54, 1.807) is 0 Å². The number of hydrogen-bond donors (Lipinski definition) is 1. The third-order valence-corrected chi connectivity index (χ3v) is 5.72. The maximum absolute atomic E-state index is 4.51. The van der Waals surface area contributed by atoms with Crippen LogP contribution in [-0.4, -0.2) is 79.4 Å². The van der Waals surface area contributed by atoms with Crippen LogP contribution in [0.25, 0.3) is 0 Å². The topological polar surface area (TPSA) is 51.9 Å². The molecule has 0 radical (unpaired) electrons. The van der Waals surface area contributed by atoms with Crippen molar-refractivity contribution in [1.82, 2.24) is 24.9 Å². The third kappa shape index (κ3) is 4.37. The molecule has 0 amide bonds. The fourth-order valence-corrected chi connectivity index (χ4v) is 4.10. The Morgan fingerprint density at radius 1 is 1.35 bits per heavy atom. The van der Waals surface area contributed by atoms with Crippen LogP contribution in [0.5, 0.6) is 0 Å². The molecule has 142 valence electrons. The second-order valence-corrected chi connectivity index (χ2v) is 7.71. The summed E-state index contributed by atoms with van der Waals surface area (Å²) in [5, 5.41) is 11.4. The minimum Gasteiger partial charge on any atom is -0.360 e. The van der Waals surface area contributed by atoms with Gasteiger partial charge in [0, 0.05) is 58.6 Å². The summed E-state index contributed by atoms with van der Waals surface area (Å²) in [4.78, 5) is 11.5. The van der Waals surface area contributed by atoms with Gasteiger partial charge in [-0.3, -0.25) is 9.67 Å². The number of hydrogen-bond acceptors (Lipinski definition) is 5. The number of nitrogens with one attached hydrogen (secondary N) is 1. The molecule has 0 aliphatic carbocycles. The molecule has 3 heterocycles. The van der Waals surface area contributed by atoms with Crippen LogP contribution in [-0.2, 0) is 7.05 Å². The van der Waals surface area contributed by atoms with Crippen molar-refractivity contribution in [2.75, 3.05) is 58.8 Å². The second-order valence-electron chi connectivity index (χ2n) is 6.78. The van der Waals surface area contributed by atoms with Crippen LogP contribution in [0.3, 0.4) is 0 Å². The van der Waals surface area contributed by atoms with Gasteiger partial charge >= 0.3 is 0 Å². The molecule has 0 bridgehead atoms. The van der Waals surface area contributed by atoms with Gasteiger partial charge in [-0.25, -0.2) is 0 Å². The average molecular weight is 376 g/mol. The lowest BCUT2D eigenvalue weighted by Gasteiger charge is -2.37. The zero-order chi connectivity index (χ0) is 18.5. The van der Waals surface area contributed by atoms with E-state index in [0.717, 1.165) is 38.7 Å². The standard InChI is InChI=1S/C18H29N7S/c1-19-18(20-13-16(22(2)3)15-12-21-23(4)14-15)25-9-7-24(8-10-25)17-6-5-11-26-17/h5-6,11-12,14,16H,7-10,13H2,1-4H3,(H,19,20). The molecular formula is C18H29N7S. The van der Waals surface area contributed by atoms with Gasteiger partial charge in [-0.05, 0) is 31.6 Å². The maximum atomic E-state index is 4.51. The predicted molar refractivity (Wildman–Crippen MR) is 109 cm³/mol. The minimum atomic E-state index is 0.257. The number of guanidine groups is 1. The normalized spacial score (nSPS) is 17.0. The van der Waals surface area contributed by atoms with Crippen molar-refractivity contribution in [3.8, 4) is 0 Å². The Hall–Kier alpha value is -2.06. The second kappa shape index (κ2) is 8.55. The zero-order valence-corrected chi connectivity index (χ0v) is 16.9. The lowest BCUT2D eigenvalue weighted by Crippen LogP contribution is -2.53. The Morgan fingerprint density at radius 2 is 2.12 bits per heavy atom. The van der Waals surface area contributed by atoms with Crippen LogP contribution in [0.15, 0.2) is 34.9 Å². The van der Waals surface area contributed by atoms with Gasteiger partial charge in [0.1, 0.15) is 0 Å². The van der Waals surface area contributed by atoms with Crippen molar-refractivity contribution in [3.05, 3.63) is 35.5 Å². The summed E-state index contributed by atoms with van der Waals surface area (Å²) in [7, 11) is 8.02. The lowest BCUT2D eigenvalue weighted by molar-refractivity contribution is 0.292. The highest BCUT2D eigenvalue weighted by Gasteiger charge is 2.22. The van der Waals surface area contributed by atoms with Crippen molar-refractivity contribution in [2.24, 2.45) is 12.0 Å². The molecule has 1 atom stereocenters. The van der Waals surface area contributed by atoms with Crippen molar-refractivity contribution in [1.29, 1.82) is 0 Å². The van der Waals surface area contributed by atoms with E-state index in [4.69, 9.17) is 0 Å². The molecular weight excluding hydrogens is 346 g/mol. The Balaban J connectivity index is 1.56. The fourth-order valence-electron chi connectivity index (χ4n) is 3.32. The van der Waals surface area contributed by atoms with E-state index in [0.29, 0.717) is 0 Å². The van der Waals surface area contributed by atoms with Gasteiger partial charge in [0.2, 0.25) is 0 Å². The minimum absolute atomic E-state index is 0.257. The molecule has 0 saturated carbocycles. The predicted octanol–water partition coefficient (Wildman–Crippen LogP) is 1.48. The molecule has 3 rings (SSSR count). The Kier molecular flexibility index (Phi) is 6.16. The average Bonchev–Trinajstić information content (AvgIpc) is 3.31. The maximum Gasteiger partial charge on any atom is 0.193 e. The van der Waals surface area contributed by atoms with Crippen LogP contribution in [0.2, 0.25) is 0 Å². The number of aromatic nitrogens is 2.